The van der Waals surface area contributed by atoms with Gasteiger partial charge < -0.3 is 23.5 Å². The number of hydrogen-bond acceptors (Lipinski definition) is 8. The highest BCUT2D eigenvalue weighted by Crippen LogP contribution is 2.42. The zero-order valence-corrected chi connectivity index (χ0v) is 19.1. The fourth-order valence-corrected chi connectivity index (χ4v) is 4.63. The van der Waals surface area contributed by atoms with Gasteiger partial charge in [-0.3, -0.25) is 4.79 Å². The lowest BCUT2D eigenvalue weighted by atomic mass is 10.1. The minimum Gasteiger partial charge on any atom is -0.493 e. The van der Waals surface area contributed by atoms with E-state index in [4.69, 9.17) is 18.6 Å². The van der Waals surface area contributed by atoms with Gasteiger partial charge in [-0.25, -0.2) is 0 Å². The van der Waals surface area contributed by atoms with Gasteiger partial charge in [0.25, 0.3) is 5.22 Å². The molecule has 1 aromatic heterocycles. The molecular weight excluding hydrogens is 430 g/mol. The first kappa shape index (κ1) is 22.0. The highest BCUT2D eigenvalue weighted by Gasteiger charge is 2.30. The van der Waals surface area contributed by atoms with E-state index in [-0.39, 0.29) is 5.91 Å². The van der Waals surface area contributed by atoms with Crippen molar-refractivity contribution in [3.05, 3.63) is 48.0 Å². The number of ether oxygens (including phenoxy) is 3. The van der Waals surface area contributed by atoms with Crippen molar-refractivity contribution in [2.24, 2.45) is 0 Å². The maximum atomic E-state index is 13.2. The standard InChI is InChI=1S/C23H25N3O5S/c1-28-17-13-16(14-18(29-2)19(17)30-3)21-24-25-23(31-21)32-20(15-9-5-4-6-10-15)22(27)26-11-7-8-12-26/h4-6,9-10,13-14,20H,7-8,11-12H2,1-3H3/t20-/m0/s1. The van der Waals surface area contributed by atoms with Crippen LogP contribution in [0.25, 0.3) is 11.5 Å². The average molecular weight is 456 g/mol. The smallest absolute Gasteiger partial charge is 0.277 e. The van der Waals surface area contributed by atoms with Crippen LogP contribution in [-0.4, -0.2) is 55.4 Å². The Labute approximate surface area is 190 Å². The minimum atomic E-state index is -0.456. The number of rotatable bonds is 8. The molecule has 2 heterocycles. The summed E-state index contributed by atoms with van der Waals surface area (Å²) in [5.74, 6) is 1.81. The monoisotopic (exact) mass is 455 g/mol. The number of benzene rings is 2. The van der Waals surface area contributed by atoms with Gasteiger partial charge in [0.2, 0.25) is 17.5 Å². The van der Waals surface area contributed by atoms with Gasteiger partial charge in [-0.15, -0.1) is 10.2 Å². The first-order valence-electron chi connectivity index (χ1n) is 10.3. The van der Waals surface area contributed by atoms with Crippen molar-refractivity contribution in [2.75, 3.05) is 34.4 Å². The van der Waals surface area contributed by atoms with E-state index in [1.54, 1.807) is 33.5 Å². The van der Waals surface area contributed by atoms with Crippen LogP contribution in [0.3, 0.4) is 0 Å². The second-order valence-electron chi connectivity index (χ2n) is 7.23. The molecule has 1 fully saturated rings. The van der Waals surface area contributed by atoms with Crippen molar-refractivity contribution < 1.29 is 23.4 Å². The maximum absolute atomic E-state index is 13.2. The highest BCUT2D eigenvalue weighted by molar-refractivity contribution is 8.00. The number of carbonyl (C=O) groups is 1. The number of hydrogen-bond donors (Lipinski definition) is 0. The number of thioether (sulfide) groups is 1. The van der Waals surface area contributed by atoms with Crippen molar-refractivity contribution >= 4 is 17.7 Å². The molecule has 1 saturated heterocycles. The fourth-order valence-electron chi connectivity index (χ4n) is 3.67. The Kier molecular flexibility index (Phi) is 6.84. The lowest BCUT2D eigenvalue weighted by Gasteiger charge is -2.22. The van der Waals surface area contributed by atoms with Crippen LogP contribution in [0.1, 0.15) is 23.7 Å². The predicted octanol–water partition coefficient (Wildman–Crippen LogP) is 4.22. The summed E-state index contributed by atoms with van der Waals surface area (Å²) in [4.78, 5) is 15.1. The largest absolute Gasteiger partial charge is 0.493 e. The van der Waals surface area contributed by atoms with Gasteiger partial charge in [0.15, 0.2) is 11.5 Å². The summed E-state index contributed by atoms with van der Waals surface area (Å²) in [5.41, 5.74) is 1.53. The topological polar surface area (TPSA) is 86.9 Å². The number of aromatic nitrogens is 2. The van der Waals surface area contributed by atoms with E-state index in [1.165, 1.54) is 11.8 Å². The molecule has 1 aliphatic rings. The van der Waals surface area contributed by atoms with Crippen LogP contribution in [-0.2, 0) is 4.79 Å². The van der Waals surface area contributed by atoms with Gasteiger partial charge in [0.1, 0.15) is 5.25 Å². The van der Waals surface area contributed by atoms with Crippen molar-refractivity contribution in [1.29, 1.82) is 0 Å². The zero-order valence-electron chi connectivity index (χ0n) is 18.2. The first-order valence-corrected chi connectivity index (χ1v) is 11.2. The van der Waals surface area contributed by atoms with Crippen molar-refractivity contribution in [2.45, 2.75) is 23.3 Å². The number of nitrogens with zero attached hydrogens (tertiary/aromatic N) is 3. The molecule has 0 saturated carbocycles. The molecule has 0 radical (unpaired) electrons. The third-order valence-electron chi connectivity index (χ3n) is 5.28. The summed E-state index contributed by atoms with van der Waals surface area (Å²) in [6.07, 6.45) is 2.06. The summed E-state index contributed by atoms with van der Waals surface area (Å²) in [7, 11) is 4.64. The molecule has 0 aliphatic carbocycles. The van der Waals surface area contributed by atoms with E-state index in [0.717, 1.165) is 31.5 Å². The van der Waals surface area contributed by atoms with Crippen LogP contribution in [0.5, 0.6) is 17.2 Å². The normalized spacial score (nSPS) is 14.3. The molecule has 9 heteroatoms. The Morgan fingerprint density at radius 3 is 2.25 bits per heavy atom. The Morgan fingerprint density at radius 1 is 1.00 bits per heavy atom. The molecule has 32 heavy (non-hydrogen) atoms. The first-order chi connectivity index (χ1) is 15.6. The lowest BCUT2D eigenvalue weighted by molar-refractivity contribution is -0.129. The molecular formula is C23H25N3O5S. The Hall–Kier alpha value is -3.20. The van der Waals surface area contributed by atoms with Crippen LogP contribution in [0, 0.1) is 0 Å². The van der Waals surface area contributed by atoms with E-state index < -0.39 is 5.25 Å². The van der Waals surface area contributed by atoms with Gasteiger partial charge in [-0.1, -0.05) is 30.3 Å². The van der Waals surface area contributed by atoms with Gasteiger partial charge in [-0.05, 0) is 42.3 Å². The third kappa shape index (κ3) is 4.52. The van der Waals surface area contributed by atoms with Crippen molar-refractivity contribution in [3.8, 4) is 28.7 Å². The van der Waals surface area contributed by atoms with Gasteiger partial charge in [0.05, 0.1) is 21.3 Å². The van der Waals surface area contributed by atoms with Crippen LogP contribution in [0.15, 0.2) is 52.1 Å². The molecule has 0 N–H and O–H groups in total. The van der Waals surface area contributed by atoms with E-state index in [0.29, 0.717) is 33.9 Å². The van der Waals surface area contributed by atoms with E-state index in [1.807, 2.05) is 35.2 Å². The highest BCUT2D eigenvalue weighted by atomic mass is 32.2. The quantitative estimate of drug-likeness (QED) is 0.467. The van der Waals surface area contributed by atoms with Gasteiger partial charge >= 0.3 is 0 Å². The van der Waals surface area contributed by atoms with Crippen LogP contribution in [0.4, 0.5) is 0 Å². The molecule has 0 spiro atoms. The Bertz CT molecular complexity index is 1040. The van der Waals surface area contributed by atoms with Crippen LogP contribution < -0.4 is 14.2 Å². The summed E-state index contributed by atoms with van der Waals surface area (Å²) < 4.78 is 22.1. The second-order valence-corrected chi connectivity index (χ2v) is 8.28. The van der Waals surface area contributed by atoms with E-state index in [2.05, 4.69) is 10.2 Å². The molecule has 4 rings (SSSR count). The SMILES string of the molecule is COc1cc(-c2nnc(S[C@H](C(=O)N3CCCC3)c3ccccc3)o2)cc(OC)c1OC. The summed E-state index contributed by atoms with van der Waals surface area (Å²) in [6.45, 7) is 1.56. The molecule has 8 nitrogen and oxygen atoms in total. The summed E-state index contributed by atoms with van der Waals surface area (Å²) in [5, 5.41) is 8.22. The molecule has 3 aromatic rings. The number of carbonyl (C=O) groups excluding carboxylic acids is 1. The molecule has 168 valence electrons. The van der Waals surface area contributed by atoms with Crippen LogP contribution in [0.2, 0.25) is 0 Å². The van der Waals surface area contributed by atoms with Crippen molar-refractivity contribution in [1.82, 2.24) is 15.1 Å². The molecule has 1 aliphatic heterocycles. The summed E-state index contributed by atoms with van der Waals surface area (Å²) in [6, 6.07) is 13.2. The molecule has 0 unspecified atom stereocenters. The lowest BCUT2D eigenvalue weighted by Crippen LogP contribution is -2.31. The maximum Gasteiger partial charge on any atom is 0.277 e. The average Bonchev–Trinajstić information content (AvgIpc) is 3.54. The van der Waals surface area contributed by atoms with E-state index >= 15 is 0 Å². The number of methoxy groups -OCH3 is 3. The minimum absolute atomic E-state index is 0.0613. The Morgan fingerprint density at radius 2 is 1.66 bits per heavy atom. The van der Waals surface area contributed by atoms with Crippen molar-refractivity contribution in [3.63, 3.8) is 0 Å². The zero-order chi connectivity index (χ0) is 22.5. The summed E-state index contributed by atoms with van der Waals surface area (Å²) >= 11 is 1.26. The Balaban J connectivity index is 1.62. The molecule has 0 bridgehead atoms. The van der Waals surface area contributed by atoms with Gasteiger partial charge in [-0.2, -0.15) is 0 Å². The van der Waals surface area contributed by atoms with Gasteiger partial charge in [0, 0.05) is 18.7 Å². The third-order valence-corrected chi connectivity index (χ3v) is 6.36. The molecule has 1 amide bonds. The number of amides is 1. The van der Waals surface area contributed by atoms with E-state index in [9.17, 15) is 4.79 Å². The molecule has 2 aromatic carbocycles. The predicted molar refractivity (Wildman–Crippen MR) is 120 cm³/mol. The fraction of sp³-hybridized carbons (Fsp3) is 0.348. The second kappa shape index (κ2) is 9.95. The molecule has 1 atom stereocenters. The van der Waals surface area contributed by atoms with Crippen LogP contribution >= 0.6 is 11.8 Å². The number of likely N-dealkylation sites (tertiary alicyclic amines) is 1.